The van der Waals surface area contributed by atoms with E-state index in [9.17, 15) is 0 Å². The van der Waals surface area contributed by atoms with Crippen LogP contribution in [0.1, 0.15) is 5.56 Å². The molecule has 112 valence electrons. The van der Waals surface area contributed by atoms with Gasteiger partial charge in [0.25, 0.3) is 0 Å². The summed E-state index contributed by atoms with van der Waals surface area (Å²) in [5.74, 6) is 0.900. The van der Waals surface area contributed by atoms with Crippen molar-refractivity contribution in [1.82, 2.24) is 4.90 Å². The highest BCUT2D eigenvalue weighted by molar-refractivity contribution is 9.10. The van der Waals surface area contributed by atoms with E-state index in [1.165, 1.54) is 5.56 Å². The van der Waals surface area contributed by atoms with Crippen molar-refractivity contribution in [2.24, 2.45) is 0 Å². The summed E-state index contributed by atoms with van der Waals surface area (Å²) in [6, 6.07) is 16.4. The largest absolute Gasteiger partial charge is 0.497 e. The van der Waals surface area contributed by atoms with Crippen LogP contribution in [-0.4, -0.2) is 32.1 Å². The fourth-order valence-corrected chi connectivity index (χ4v) is 2.53. The van der Waals surface area contributed by atoms with Gasteiger partial charge in [0.15, 0.2) is 0 Å². The minimum atomic E-state index is 0.900. The monoisotopic (exact) mass is 348 g/mol. The summed E-state index contributed by atoms with van der Waals surface area (Å²) < 4.78 is 6.27. The number of nitrogens with one attached hydrogen (secondary N) is 1. The summed E-state index contributed by atoms with van der Waals surface area (Å²) in [6.07, 6.45) is 0. The number of nitrogens with zero attached hydrogens (tertiary/aromatic N) is 1. The van der Waals surface area contributed by atoms with Gasteiger partial charge in [0, 0.05) is 29.8 Å². The zero-order chi connectivity index (χ0) is 15.1. The molecule has 3 nitrogen and oxygen atoms in total. The summed E-state index contributed by atoms with van der Waals surface area (Å²) in [5, 5.41) is 3.44. The highest BCUT2D eigenvalue weighted by atomic mass is 79.9. The minimum absolute atomic E-state index is 0.900. The molecule has 0 amide bonds. The average Bonchev–Trinajstić information content (AvgIpc) is 2.50. The molecule has 0 heterocycles. The molecule has 0 fully saturated rings. The molecule has 4 heteroatoms. The molecular weight excluding hydrogens is 328 g/mol. The molecule has 2 aromatic carbocycles. The number of anilines is 1. The van der Waals surface area contributed by atoms with E-state index >= 15 is 0 Å². The first-order valence-electron chi connectivity index (χ1n) is 6.99. The molecule has 0 radical (unpaired) electrons. The Labute approximate surface area is 135 Å². The quantitative estimate of drug-likeness (QED) is 0.818. The van der Waals surface area contributed by atoms with Crippen molar-refractivity contribution in [2.75, 3.05) is 32.6 Å². The van der Waals surface area contributed by atoms with Crippen LogP contribution in [0.4, 0.5) is 5.69 Å². The molecule has 2 aromatic rings. The molecule has 0 aromatic heterocycles. The Morgan fingerprint density at radius 1 is 1.10 bits per heavy atom. The summed E-state index contributed by atoms with van der Waals surface area (Å²) in [7, 11) is 3.82. The average molecular weight is 349 g/mol. The predicted octanol–water partition coefficient (Wildman–Crippen LogP) is 4.00. The first kappa shape index (κ1) is 15.9. The van der Waals surface area contributed by atoms with Crippen molar-refractivity contribution in [2.45, 2.75) is 6.54 Å². The van der Waals surface area contributed by atoms with E-state index < -0.39 is 0 Å². The molecule has 1 N–H and O–H groups in total. The van der Waals surface area contributed by atoms with Crippen LogP contribution in [0.5, 0.6) is 5.75 Å². The van der Waals surface area contributed by atoms with Gasteiger partial charge in [-0.05, 0) is 52.8 Å². The van der Waals surface area contributed by atoms with Crippen molar-refractivity contribution >= 4 is 21.6 Å². The normalized spacial score (nSPS) is 10.7. The topological polar surface area (TPSA) is 24.5 Å². The van der Waals surface area contributed by atoms with E-state index in [-0.39, 0.29) is 0 Å². The number of hydrogen-bond acceptors (Lipinski definition) is 3. The Hall–Kier alpha value is -1.52. The van der Waals surface area contributed by atoms with E-state index in [1.54, 1.807) is 7.11 Å². The zero-order valence-electron chi connectivity index (χ0n) is 12.5. The number of ether oxygens (including phenoxy) is 1. The lowest BCUT2D eigenvalue weighted by Crippen LogP contribution is -2.24. The molecule has 0 aliphatic rings. The maximum atomic E-state index is 5.17. The number of halogens is 1. The van der Waals surface area contributed by atoms with Crippen LogP contribution in [-0.2, 0) is 6.54 Å². The number of benzene rings is 2. The Morgan fingerprint density at radius 2 is 1.81 bits per heavy atom. The molecular formula is C17H21BrN2O. The van der Waals surface area contributed by atoms with Gasteiger partial charge in [-0.3, -0.25) is 0 Å². The van der Waals surface area contributed by atoms with Crippen molar-refractivity contribution in [3.63, 3.8) is 0 Å². The summed E-state index contributed by atoms with van der Waals surface area (Å²) in [6.45, 7) is 2.82. The molecule has 21 heavy (non-hydrogen) atoms. The van der Waals surface area contributed by atoms with Gasteiger partial charge in [-0.2, -0.15) is 0 Å². The number of likely N-dealkylation sites (N-methyl/N-ethyl adjacent to an activating group) is 1. The van der Waals surface area contributed by atoms with E-state index in [1.807, 2.05) is 30.3 Å². The van der Waals surface area contributed by atoms with Crippen molar-refractivity contribution < 1.29 is 4.74 Å². The van der Waals surface area contributed by atoms with Crippen molar-refractivity contribution in [1.29, 1.82) is 0 Å². The lowest BCUT2D eigenvalue weighted by atomic mass is 10.2. The van der Waals surface area contributed by atoms with Gasteiger partial charge in [-0.25, -0.2) is 0 Å². The maximum absolute atomic E-state index is 5.17. The second kappa shape index (κ2) is 8.05. The van der Waals surface area contributed by atoms with Gasteiger partial charge < -0.3 is 15.0 Å². The van der Waals surface area contributed by atoms with Crippen LogP contribution in [0.15, 0.2) is 53.0 Å². The molecule has 0 aliphatic carbocycles. The summed E-state index contributed by atoms with van der Waals surface area (Å²) in [5.41, 5.74) is 2.43. The van der Waals surface area contributed by atoms with Gasteiger partial charge in [-0.15, -0.1) is 0 Å². The van der Waals surface area contributed by atoms with E-state index in [0.717, 1.165) is 35.5 Å². The van der Waals surface area contributed by atoms with Gasteiger partial charge in [0.2, 0.25) is 0 Å². The standard InChI is InChI=1S/C17H21BrN2O/c1-20(13-14-7-9-15(21-2)10-8-14)12-11-19-17-6-4-3-5-16(17)18/h3-10,19H,11-13H2,1-2H3. The first-order valence-corrected chi connectivity index (χ1v) is 7.78. The Bertz CT molecular complexity index is 557. The van der Waals surface area contributed by atoms with E-state index in [4.69, 9.17) is 4.74 Å². The number of para-hydroxylation sites is 1. The third-order valence-electron chi connectivity index (χ3n) is 3.29. The van der Waals surface area contributed by atoms with E-state index in [2.05, 4.69) is 51.4 Å². The fraction of sp³-hybridized carbons (Fsp3) is 0.294. The number of methoxy groups -OCH3 is 1. The Kier molecular flexibility index (Phi) is 6.08. The lowest BCUT2D eigenvalue weighted by molar-refractivity contribution is 0.339. The lowest BCUT2D eigenvalue weighted by Gasteiger charge is -2.18. The molecule has 0 saturated carbocycles. The van der Waals surface area contributed by atoms with Crippen LogP contribution in [0.3, 0.4) is 0 Å². The predicted molar refractivity (Wildman–Crippen MR) is 92.0 cm³/mol. The fourth-order valence-electron chi connectivity index (χ4n) is 2.11. The van der Waals surface area contributed by atoms with Gasteiger partial charge >= 0.3 is 0 Å². The molecule has 0 unspecified atom stereocenters. The smallest absolute Gasteiger partial charge is 0.118 e. The highest BCUT2D eigenvalue weighted by Crippen LogP contribution is 2.20. The molecule has 0 aliphatic heterocycles. The molecule has 0 atom stereocenters. The van der Waals surface area contributed by atoms with Crippen LogP contribution >= 0.6 is 15.9 Å². The van der Waals surface area contributed by atoms with Crippen molar-refractivity contribution in [3.05, 3.63) is 58.6 Å². The Balaban J connectivity index is 1.76. The first-order chi connectivity index (χ1) is 10.2. The maximum Gasteiger partial charge on any atom is 0.118 e. The molecule has 0 bridgehead atoms. The third kappa shape index (κ3) is 5.06. The second-order valence-electron chi connectivity index (χ2n) is 4.99. The minimum Gasteiger partial charge on any atom is -0.497 e. The second-order valence-corrected chi connectivity index (χ2v) is 5.85. The van der Waals surface area contributed by atoms with Crippen LogP contribution < -0.4 is 10.1 Å². The zero-order valence-corrected chi connectivity index (χ0v) is 14.1. The number of hydrogen-bond donors (Lipinski definition) is 1. The van der Waals surface area contributed by atoms with Crippen LogP contribution in [0.25, 0.3) is 0 Å². The summed E-state index contributed by atoms with van der Waals surface area (Å²) >= 11 is 3.54. The van der Waals surface area contributed by atoms with Gasteiger partial charge in [-0.1, -0.05) is 24.3 Å². The Morgan fingerprint density at radius 3 is 2.48 bits per heavy atom. The molecule has 0 spiro atoms. The SMILES string of the molecule is COc1ccc(CN(C)CCNc2ccccc2Br)cc1. The van der Waals surface area contributed by atoms with Crippen molar-refractivity contribution in [3.8, 4) is 5.75 Å². The number of rotatable bonds is 7. The van der Waals surface area contributed by atoms with Gasteiger partial charge in [0.1, 0.15) is 5.75 Å². The van der Waals surface area contributed by atoms with E-state index in [0.29, 0.717) is 0 Å². The van der Waals surface area contributed by atoms with Crippen LogP contribution in [0.2, 0.25) is 0 Å². The highest BCUT2D eigenvalue weighted by Gasteiger charge is 2.02. The van der Waals surface area contributed by atoms with Crippen LogP contribution in [0, 0.1) is 0 Å². The summed E-state index contributed by atoms with van der Waals surface area (Å²) in [4.78, 5) is 2.30. The third-order valence-corrected chi connectivity index (χ3v) is 3.99. The van der Waals surface area contributed by atoms with Gasteiger partial charge in [0.05, 0.1) is 7.11 Å². The molecule has 0 saturated heterocycles. The molecule has 2 rings (SSSR count).